The molecule has 0 atom stereocenters. The van der Waals surface area contributed by atoms with Gasteiger partial charge in [0.15, 0.2) is 11.5 Å². The van der Waals surface area contributed by atoms with Crippen molar-refractivity contribution in [2.75, 3.05) is 32.6 Å². The van der Waals surface area contributed by atoms with Crippen LogP contribution in [0, 0.1) is 6.92 Å². The Morgan fingerprint density at radius 3 is 2.38 bits per heavy atom. The smallest absolute Gasteiger partial charge is 0.319 e. The number of carbonyl (C=O) groups excluding carboxylic acids is 2. The van der Waals surface area contributed by atoms with Gasteiger partial charge in [0.2, 0.25) is 0 Å². The number of methoxy groups -OCH3 is 2. The van der Waals surface area contributed by atoms with Gasteiger partial charge < -0.3 is 19.7 Å². The first-order chi connectivity index (χ1) is 16.5. The molecule has 2 N–H and O–H groups in total. The minimum absolute atomic E-state index is 0.0107. The highest BCUT2D eigenvalue weighted by Crippen LogP contribution is 2.34. The highest BCUT2D eigenvalue weighted by atomic mass is 32.1. The molecule has 2 heterocycles. The number of hydrogen-bond donors (Lipinski definition) is 2. The summed E-state index contributed by atoms with van der Waals surface area (Å²) in [4.78, 5) is 28.1. The highest BCUT2D eigenvalue weighted by molar-refractivity contribution is 7.18. The summed E-state index contributed by atoms with van der Waals surface area (Å²) in [5.74, 6) is 1.37. The van der Waals surface area contributed by atoms with Crippen LogP contribution in [0.15, 0.2) is 18.2 Å². The number of hydrogen-bond acceptors (Lipinski definition) is 5. The maximum Gasteiger partial charge on any atom is 0.319 e. The topological polar surface area (TPSA) is 79.9 Å². The molecule has 3 amide bonds. The van der Waals surface area contributed by atoms with Crippen molar-refractivity contribution in [3.05, 3.63) is 39.8 Å². The van der Waals surface area contributed by atoms with Crippen LogP contribution in [-0.2, 0) is 13.0 Å². The molecule has 7 nitrogen and oxygen atoms in total. The number of nitrogens with zero attached hydrogens (tertiary/aromatic N) is 1. The fourth-order valence-electron chi connectivity index (χ4n) is 4.22. The predicted molar refractivity (Wildman–Crippen MR) is 137 cm³/mol. The molecule has 0 aliphatic carbocycles. The second-order valence-electron chi connectivity index (χ2n) is 8.72. The van der Waals surface area contributed by atoms with Gasteiger partial charge in [-0.3, -0.25) is 10.1 Å². The largest absolute Gasteiger partial charge is 0.493 e. The molecule has 1 aromatic heterocycles. The van der Waals surface area contributed by atoms with Crippen LogP contribution in [0.2, 0.25) is 0 Å². The number of nitrogens with one attached hydrogen (secondary N) is 2. The monoisotopic (exact) mass is 487 g/mol. The fraction of sp³-hybridized carbons (Fsp3) is 0.538. The van der Waals surface area contributed by atoms with E-state index in [2.05, 4.69) is 17.6 Å². The Balaban J connectivity index is 1.55. The van der Waals surface area contributed by atoms with Crippen molar-refractivity contribution in [3.63, 3.8) is 0 Å². The third-order valence-electron chi connectivity index (χ3n) is 6.17. The summed E-state index contributed by atoms with van der Waals surface area (Å²) in [7, 11) is 3.24. The van der Waals surface area contributed by atoms with Gasteiger partial charge in [-0.15, -0.1) is 11.3 Å². The van der Waals surface area contributed by atoms with E-state index in [-0.39, 0.29) is 11.9 Å². The van der Waals surface area contributed by atoms with Crippen molar-refractivity contribution in [1.29, 1.82) is 0 Å². The van der Waals surface area contributed by atoms with Gasteiger partial charge in [-0.1, -0.05) is 39.0 Å². The molecular weight excluding hydrogens is 450 g/mol. The second-order valence-corrected chi connectivity index (χ2v) is 9.78. The molecule has 0 spiro atoms. The number of anilines is 1. The number of amides is 3. The maximum atomic E-state index is 13.3. The molecule has 3 rings (SSSR count). The third-order valence-corrected chi connectivity index (χ3v) is 7.31. The Morgan fingerprint density at radius 1 is 1.00 bits per heavy atom. The lowest BCUT2D eigenvalue weighted by Crippen LogP contribution is -2.35. The van der Waals surface area contributed by atoms with Crippen molar-refractivity contribution >= 4 is 28.3 Å². The first-order valence-electron chi connectivity index (χ1n) is 12.1. The number of carbonyl (C=O) groups is 2. The molecule has 0 bridgehead atoms. The minimum Gasteiger partial charge on any atom is -0.493 e. The number of benzene rings is 1. The zero-order valence-corrected chi connectivity index (χ0v) is 21.6. The standard InChI is InChI=1S/C26H37N3O4S/c1-5-6-7-8-9-10-12-27-26(31)28-23-14-18(2)24(34-23)25(30)29-13-11-19-15-21(32-3)22(33-4)16-20(19)17-29/h14-16H,5-13,17H2,1-4H3,(H2,27,28,31). The molecule has 186 valence electrons. The van der Waals surface area contributed by atoms with E-state index in [0.717, 1.165) is 30.4 Å². The van der Waals surface area contributed by atoms with Crippen LogP contribution in [0.1, 0.15) is 71.8 Å². The molecule has 0 fully saturated rings. The Labute approximate surface area is 206 Å². The lowest BCUT2D eigenvalue weighted by molar-refractivity contribution is 0.0738. The summed E-state index contributed by atoms with van der Waals surface area (Å²) < 4.78 is 10.8. The Bertz CT molecular complexity index is 989. The van der Waals surface area contributed by atoms with Crippen LogP contribution >= 0.6 is 11.3 Å². The van der Waals surface area contributed by atoms with Crippen molar-refractivity contribution in [1.82, 2.24) is 10.2 Å². The Hall–Kier alpha value is -2.74. The van der Waals surface area contributed by atoms with Crippen LogP contribution in [0.3, 0.4) is 0 Å². The molecule has 0 saturated carbocycles. The first kappa shape index (κ1) is 25.9. The number of fused-ring (bicyclic) bond motifs is 1. The zero-order chi connectivity index (χ0) is 24.5. The lowest BCUT2D eigenvalue weighted by Gasteiger charge is -2.29. The molecule has 2 aromatic rings. The average Bonchev–Trinajstić information content (AvgIpc) is 3.21. The van der Waals surface area contributed by atoms with E-state index in [1.807, 2.05) is 30.0 Å². The van der Waals surface area contributed by atoms with E-state index in [1.165, 1.54) is 42.6 Å². The molecular formula is C26H37N3O4S. The van der Waals surface area contributed by atoms with Crippen molar-refractivity contribution in [3.8, 4) is 11.5 Å². The van der Waals surface area contributed by atoms with Gasteiger partial charge in [0.1, 0.15) is 0 Å². The van der Waals surface area contributed by atoms with Gasteiger partial charge in [0, 0.05) is 19.6 Å². The summed E-state index contributed by atoms with van der Waals surface area (Å²) >= 11 is 1.33. The SMILES string of the molecule is CCCCCCCCNC(=O)Nc1cc(C)c(C(=O)N2CCc3cc(OC)c(OC)cc3C2)s1. The number of urea groups is 1. The summed E-state index contributed by atoms with van der Waals surface area (Å²) in [5.41, 5.74) is 3.12. The van der Waals surface area contributed by atoms with E-state index in [4.69, 9.17) is 9.47 Å². The first-order valence-corrected chi connectivity index (χ1v) is 13.0. The van der Waals surface area contributed by atoms with Crippen LogP contribution in [-0.4, -0.2) is 44.1 Å². The van der Waals surface area contributed by atoms with Crippen LogP contribution in [0.5, 0.6) is 11.5 Å². The van der Waals surface area contributed by atoms with E-state index in [9.17, 15) is 9.59 Å². The molecule has 1 aliphatic rings. The second kappa shape index (κ2) is 12.6. The fourth-order valence-corrected chi connectivity index (χ4v) is 5.26. The van der Waals surface area contributed by atoms with E-state index < -0.39 is 0 Å². The van der Waals surface area contributed by atoms with Crippen molar-refractivity contribution < 1.29 is 19.1 Å². The number of aryl methyl sites for hydroxylation is 1. The van der Waals surface area contributed by atoms with E-state index >= 15 is 0 Å². The van der Waals surface area contributed by atoms with Crippen LogP contribution < -0.4 is 20.1 Å². The van der Waals surface area contributed by atoms with Crippen molar-refractivity contribution in [2.24, 2.45) is 0 Å². The van der Waals surface area contributed by atoms with Crippen molar-refractivity contribution in [2.45, 2.75) is 65.3 Å². The molecule has 0 unspecified atom stereocenters. The Morgan fingerprint density at radius 2 is 1.68 bits per heavy atom. The van der Waals surface area contributed by atoms with E-state index in [0.29, 0.717) is 41.0 Å². The van der Waals surface area contributed by atoms with Gasteiger partial charge >= 0.3 is 6.03 Å². The molecule has 1 aliphatic heterocycles. The predicted octanol–water partition coefficient (Wildman–Crippen LogP) is 5.75. The molecule has 0 saturated heterocycles. The zero-order valence-electron chi connectivity index (χ0n) is 20.8. The molecule has 8 heteroatoms. The minimum atomic E-state index is -0.221. The summed E-state index contributed by atoms with van der Waals surface area (Å²) in [5, 5.41) is 6.48. The maximum absolute atomic E-state index is 13.3. The lowest BCUT2D eigenvalue weighted by atomic mass is 9.98. The van der Waals surface area contributed by atoms with Gasteiger partial charge in [-0.25, -0.2) is 4.79 Å². The summed E-state index contributed by atoms with van der Waals surface area (Å²) in [6, 6.07) is 5.60. The average molecular weight is 488 g/mol. The van der Waals surface area contributed by atoms with Crippen LogP contribution in [0.4, 0.5) is 9.80 Å². The van der Waals surface area contributed by atoms with E-state index in [1.54, 1.807) is 14.2 Å². The quantitative estimate of drug-likeness (QED) is 0.395. The van der Waals surface area contributed by atoms with Gasteiger partial charge in [0.25, 0.3) is 5.91 Å². The summed E-state index contributed by atoms with van der Waals surface area (Å²) in [6.07, 6.45) is 7.87. The number of rotatable bonds is 11. The van der Waals surface area contributed by atoms with Crippen LogP contribution in [0.25, 0.3) is 0 Å². The number of thiophene rings is 1. The third kappa shape index (κ3) is 6.65. The summed E-state index contributed by atoms with van der Waals surface area (Å²) in [6.45, 7) is 5.94. The normalized spacial score (nSPS) is 12.8. The van der Waals surface area contributed by atoms with Gasteiger partial charge in [0.05, 0.1) is 24.1 Å². The van der Waals surface area contributed by atoms with Gasteiger partial charge in [-0.05, 0) is 54.7 Å². The molecule has 34 heavy (non-hydrogen) atoms. The number of unbranched alkanes of at least 4 members (excludes halogenated alkanes) is 5. The van der Waals surface area contributed by atoms with Gasteiger partial charge in [-0.2, -0.15) is 0 Å². The molecule has 0 radical (unpaired) electrons. The Kier molecular flexibility index (Phi) is 9.62. The molecule has 1 aromatic carbocycles. The number of ether oxygens (including phenoxy) is 2. The highest BCUT2D eigenvalue weighted by Gasteiger charge is 2.26.